The van der Waals surface area contributed by atoms with Gasteiger partial charge in [-0.15, -0.1) is 18.2 Å². The number of anilines is 1. The zero-order chi connectivity index (χ0) is 18.0. The SMILES string of the molecule is C#CCOc1ccc([C@H]2S[C@@H](C)C(=O)Nc3n[nH]c(C)c32)cc1OC. The number of terminal acetylenes is 1. The molecule has 6 nitrogen and oxygen atoms in total. The third-order valence-corrected chi connectivity index (χ3v) is 5.41. The topological polar surface area (TPSA) is 76.2 Å². The van der Waals surface area contributed by atoms with E-state index in [9.17, 15) is 4.79 Å². The Morgan fingerprint density at radius 2 is 2.20 bits per heavy atom. The van der Waals surface area contributed by atoms with Gasteiger partial charge in [0.25, 0.3) is 0 Å². The largest absolute Gasteiger partial charge is 0.493 e. The molecule has 1 amide bonds. The van der Waals surface area contributed by atoms with Gasteiger partial charge in [-0.05, 0) is 31.5 Å². The van der Waals surface area contributed by atoms with E-state index < -0.39 is 0 Å². The van der Waals surface area contributed by atoms with E-state index >= 15 is 0 Å². The van der Waals surface area contributed by atoms with E-state index in [0.29, 0.717) is 17.3 Å². The first-order chi connectivity index (χ1) is 12.0. The van der Waals surface area contributed by atoms with Crippen LogP contribution in [0.4, 0.5) is 5.82 Å². The summed E-state index contributed by atoms with van der Waals surface area (Å²) in [6.45, 7) is 4.01. The predicted molar refractivity (Wildman–Crippen MR) is 98.2 cm³/mol. The van der Waals surface area contributed by atoms with Crippen molar-refractivity contribution in [3.8, 4) is 23.8 Å². The maximum absolute atomic E-state index is 12.2. The average molecular weight is 357 g/mol. The van der Waals surface area contributed by atoms with Crippen LogP contribution in [0.25, 0.3) is 0 Å². The molecule has 1 aliphatic rings. The molecule has 2 atom stereocenters. The molecule has 2 heterocycles. The number of hydrogen-bond donors (Lipinski definition) is 2. The molecule has 1 aliphatic heterocycles. The summed E-state index contributed by atoms with van der Waals surface area (Å²) < 4.78 is 11.0. The van der Waals surface area contributed by atoms with Gasteiger partial charge in [0, 0.05) is 11.3 Å². The smallest absolute Gasteiger partial charge is 0.238 e. The first-order valence-corrected chi connectivity index (χ1v) is 8.74. The minimum Gasteiger partial charge on any atom is -0.493 e. The summed E-state index contributed by atoms with van der Waals surface area (Å²) in [5.41, 5.74) is 2.90. The number of hydrogen-bond acceptors (Lipinski definition) is 5. The minimum absolute atomic E-state index is 0.0545. The maximum atomic E-state index is 12.2. The highest BCUT2D eigenvalue weighted by Gasteiger charge is 2.32. The summed E-state index contributed by atoms with van der Waals surface area (Å²) in [5, 5.41) is 9.80. The molecule has 0 radical (unpaired) electrons. The quantitative estimate of drug-likeness (QED) is 0.823. The van der Waals surface area contributed by atoms with Gasteiger partial charge >= 0.3 is 0 Å². The van der Waals surface area contributed by atoms with Crippen molar-refractivity contribution < 1.29 is 14.3 Å². The molecule has 0 aliphatic carbocycles. The van der Waals surface area contributed by atoms with Gasteiger partial charge < -0.3 is 14.8 Å². The van der Waals surface area contributed by atoms with Crippen LogP contribution in [0.3, 0.4) is 0 Å². The van der Waals surface area contributed by atoms with Crippen LogP contribution < -0.4 is 14.8 Å². The summed E-state index contributed by atoms with van der Waals surface area (Å²) in [6.07, 6.45) is 5.25. The van der Waals surface area contributed by atoms with Crippen LogP contribution in [0.1, 0.15) is 29.0 Å². The van der Waals surface area contributed by atoms with Crippen LogP contribution >= 0.6 is 11.8 Å². The molecule has 0 spiro atoms. The van der Waals surface area contributed by atoms with Crippen molar-refractivity contribution in [2.75, 3.05) is 19.0 Å². The highest BCUT2D eigenvalue weighted by atomic mass is 32.2. The van der Waals surface area contributed by atoms with Crippen molar-refractivity contribution in [3.05, 3.63) is 35.0 Å². The number of fused-ring (bicyclic) bond motifs is 1. The lowest BCUT2D eigenvalue weighted by Crippen LogP contribution is -2.21. The van der Waals surface area contributed by atoms with E-state index in [-0.39, 0.29) is 23.0 Å². The second-order valence-corrected chi connectivity index (χ2v) is 7.11. The lowest BCUT2D eigenvalue weighted by molar-refractivity contribution is -0.115. The maximum Gasteiger partial charge on any atom is 0.238 e. The van der Waals surface area contributed by atoms with Gasteiger partial charge in [0.05, 0.1) is 17.6 Å². The van der Waals surface area contributed by atoms with Crippen LogP contribution in [0.15, 0.2) is 18.2 Å². The van der Waals surface area contributed by atoms with Gasteiger partial charge in [-0.3, -0.25) is 9.89 Å². The fourth-order valence-corrected chi connectivity index (χ4v) is 4.06. The number of rotatable bonds is 4. The van der Waals surface area contributed by atoms with E-state index in [2.05, 4.69) is 21.4 Å². The summed E-state index contributed by atoms with van der Waals surface area (Å²) in [4.78, 5) is 12.2. The lowest BCUT2D eigenvalue weighted by Gasteiger charge is -2.19. The zero-order valence-electron chi connectivity index (χ0n) is 14.3. The first kappa shape index (κ1) is 17.2. The molecule has 0 unspecified atom stereocenters. The van der Waals surface area contributed by atoms with Crippen LogP contribution in [0.5, 0.6) is 11.5 Å². The standard InChI is InChI=1S/C18H19N3O3S/c1-5-8-24-13-7-6-12(9-14(13)23-4)16-15-10(2)20-21-17(15)19-18(22)11(3)25-16/h1,6-7,9,11,16H,8H2,2-4H3,(H2,19,20,21,22)/t11-,16+/m0/s1. The second kappa shape index (κ2) is 7.11. The summed E-state index contributed by atoms with van der Waals surface area (Å²) in [7, 11) is 1.59. The highest BCUT2D eigenvalue weighted by molar-refractivity contribution is 8.01. The number of amides is 1. The number of nitrogens with one attached hydrogen (secondary N) is 2. The van der Waals surface area contributed by atoms with Crippen LogP contribution in [-0.2, 0) is 4.79 Å². The summed E-state index contributed by atoms with van der Waals surface area (Å²) >= 11 is 1.57. The number of methoxy groups -OCH3 is 1. The Morgan fingerprint density at radius 1 is 1.40 bits per heavy atom. The number of aryl methyl sites for hydroxylation is 1. The lowest BCUT2D eigenvalue weighted by atomic mass is 10.0. The van der Waals surface area contributed by atoms with Gasteiger partial charge in [-0.2, -0.15) is 5.10 Å². The van der Waals surface area contributed by atoms with E-state index in [4.69, 9.17) is 15.9 Å². The third-order valence-electron chi connectivity index (χ3n) is 4.01. The molecular weight excluding hydrogens is 338 g/mol. The monoisotopic (exact) mass is 357 g/mol. The van der Waals surface area contributed by atoms with Crippen molar-refractivity contribution in [2.45, 2.75) is 24.3 Å². The van der Waals surface area contributed by atoms with E-state index in [1.165, 1.54) is 0 Å². The predicted octanol–water partition coefficient (Wildman–Crippen LogP) is 2.90. The molecule has 25 heavy (non-hydrogen) atoms. The Labute approximate surface area is 150 Å². The van der Waals surface area contributed by atoms with Gasteiger partial charge in [-0.1, -0.05) is 12.0 Å². The average Bonchev–Trinajstić information content (AvgIpc) is 2.91. The number of aromatic amines is 1. The van der Waals surface area contributed by atoms with Crippen molar-refractivity contribution in [3.63, 3.8) is 0 Å². The number of nitrogens with zero attached hydrogens (tertiary/aromatic N) is 1. The molecule has 0 saturated heterocycles. The van der Waals surface area contributed by atoms with Crippen LogP contribution in [-0.4, -0.2) is 35.1 Å². The molecule has 1 aromatic carbocycles. The summed E-state index contributed by atoms with van der Waals surface area (Å²) in [5.74, 6) is 4.16. The highest BCUT2D eigenvalue weighted by Crippen LogP contribution is 2.46. The molecule has 2 N–H and O–H groups in total. The fourth-order valence-electron chi connectivity index (χ4n) is 2.74. The first-order valence-electron chi connectivity index (χ1n) is 7.80. The number of benzene rings is 1. The van der Waals surface area contributed by atoms with Crippen LogP contribution in [0.2, 0.25) is 0 Å². The molecule has 0 bridgehead atoms. The number of aromatic nitrogens is 2. The zero-order valence-corrected chi connectivity index (χ0v) is 15.1. The molecule has 0 saturated carbocycles. The summed E-state index contributed by atoms with van der Waals surface area (Å²) in [6, 6.07) is 5.72. The van der Waals surface area contributed by atoms with Gasteiger partial charge in [-0.25, -0.2) is 0 Å². The van der Waals surface area contributed by atoms with Crippen molar-refractivity contribution in [2.24, 2.45) is 0 Å². The van der Waals surface area contributed by atoms with E-state index in [0.717, 1.165) is 16.8 Å². The Morgan fingerprint density at radius 3 is 2.92 bits per heavy atom. The Hall–Kier alpha value is -2.59. The van der Waals surface area contributed by atoms with Crippen molar-refractivity contribution in [1.29, 1.82) is 0 Å². The molecule has 7 heteroatoms. The molecule has 3 rings (SSSR count). The van der Waals surface area contributed by atoms with E-state index in [1.54, 1.807) is 18.9 Å². The number of carbonyl (C=O) groups excluding carboxylic acids is 1. The fraction of sp³-hybridized carbons (Fsp3) is 0.333. The Kier molecular flexibility index (Phi) is 4.91. The Balaban J connectivity index is 2.04. The van der Waals surface area contributed by atoms with Gasteiger partial charge in [0.15, 0.2) is 17.3 Å². The second-order valence-electron chi connectivity index (χ2n) is 5.66. The van der Waals surface area contributed by atoms with E-state index in [1.807, 2.05) is 32.0 Å². The third kappa shape index (κ3) is 3.30. The van der Waals surface area contributed by atoms with Crippen molar-refractivity contribution >= 4 is 23.5 Å². The Bertz CT molecular complexity index is 841. The minimum atomic E-state index is -0.207. The van der Waals surface area contributed by atoms with Gasteiger partial charge in [0.2, 0.25) is 5.91 Å². The van der Waals surface area contributed by atoms with Crippen molar-refractivity contribution in [1.82, 2.24) is 10.2 Å². The van der Waals surface area contributed by atoms with Crippen LogP contribution in [0, 0.1) is 19.3 Å². The molecule has 0 fully saturated rings. The normalized spacial score (nSPS) is 19.4. The molecule has 2 aromatic rings. The number of H-pyrrole nitrogens is 1. The number of ether oxygens (including phenoxy) is 2. The van der Waals surface area contributed by atoms with Gasteiger partial charge in [0.1, 0.15) is 6.61 Å². The molecule has 130 valence electrons. The number of thioether (sulfide) groups is 1. The molecule has 1 aromatic heterocycles. The molecular formula is C18H19N3O3S. The number of carbonyl (C=O) groups is 1.